The van der Waals surface area contributed by atoms with E-state index in [-0.39, 0.29) is 11.6 Å². The minimum absolute atomic E-state index is 0.288. The second-order valence-corrected chi connectivity index (χ2v) is 6.18. The van der Waals surface area contributed by atoms with Crippen LogP contribution in [0.1, 0.15) is 10.5 Å². The highest BCUT2D eigenvalue weighted by atomic mass is 35.5. The first-order valence-electron chi connectivity index (χ1n) is 7.69. The maximum Gasteiger partial charge on any atom is 0.274 e. The topological polar surface area (TPSA) is 63.2 Å². The van der Waals surface area contributed by atoms with Crippen LogP contribution < -0.4 is 15.4 Å². The third kappa shape index (κ3) is 4.45. The summed E-state index contributed by atoms with van der Waals surface area (Å²) in [5, 5.41) is 6.73. The highest BCUT2D eigenvalue weighted by Crippen LogP contribution is 2.25. The number of hydrogen-bond acceptors (Lipinski definition) is 4. The molecule has 0 aliphatic heterocycles. The molecule has 0 atom stereocenters. The lowest BCUT2D eigenvalue weighted by molar-refractivity contribution is 0.102. The van der Waals surface area contributed by atoms with E-state index in [2.05, 4.69) is 15.6 Å². The number of benzene rings is 2. The molecular weight excluding hydrogens is 373 g/mol. The Kier molecular flexibility index (Phi) is 5.61. The molecule has 0 spiro atoms. The van der Waals surface area contributed by atoms with Gasteiger partial charge in [0.05, 0.1) is 29.0 Å². The summed E-state index contributed by atoms with van der Waals surface area (Å²) < 4.78 is 5.12. The van der Waals surface area contributed by atoms with Gasteiger partial charge in [-0.3, -0.25) is 4.79 Å². The summed E-state index contributed by atoms with van der Waals surface area (Å²) in [6.07, 6.45) is 1.59. The molecule has 0 radical (unpaired) electrons. The maximum absolute atomic E-state index is 12.3. The zero-order valence-electron chi connectivity index (χ0n) is 13.8. The van der Waals surface area contributed by atoms with Crippen LogP contribution in [0.5, 0.6) is 5.75 Å². The first-order valence-corrected chi connectivity index (χ1v) is 8.44. The zero-order valence-corrected chi connectivity index (χ0v) is 15.3. The summed E-state index contributed by atoms with van der Waals surface area (Å²) in [6.45, 7) is 0. The number of carbonyl (C=O) groups excluding carboxylic acids is 1. The summed E-state index contributed by atoms with van der Waals surface area (Å²) >= 11 is 11.8. The number of ether oxygens (including phenoxy) is 1. The van der Waals surface area contributed by atoms with Crippen LogP contribution in [0.4, 0.5) is 17.1 Å². The van der Waals surface area contributed by atoms with E-state index in [1.165, 1.54) is 0 Å². The summed E-state index contributed by atoms with van der Waals surface area (Å²) in [7, 11) is 1.62. The molecule has 2 N–H and O–H groups in total. The van der Waals surface area contributed by atoms with Gasteiger partial charge in [0, 0.05) is 11.4 Å². The smallest absolute Gasteiger partial charge is 0.274 e. The molecule has 0 bridgehead atoms. The molecular formula is C19H15Cl2N3O2. The van der Waals surface area contributed by atoms with Crippen molar-refractivity contribution in [2.75, 3.05) is 17.7 Å². The molecule has 3 rings (SSSR count). The SMILES string of the molecule is COc1ccc(Nc2ccc(C(=O)Nc3ccc(Cl)c(Cl)c3)nc2)cc1. The summed E-state index contributed by atoms with van der Waals surface area (Å²) in [5.41, 5.74) is 2.49. The fraction of sp³-hybridized carbons (Fsp3) is 0.0526. The standard InChI is InChI=1S/C19H15Cl2N3O2/c1-26-15-6-2-12(3-7-15)23-14-5-9-18(22-11-14)19(25)24-13-4-8-16(20)17(21)10-13/h2-11,23H,1H3,(H,24,25). The number of hydrogen-bond donors (Lipinski definition) is 2. The predicted octanol–water partition coefficient (Wildman–Crippen LogP) is 5.39. The minimum atomic E-state index is -0.334. The molecule has 1 amide bonds. The number of amides is 1. The molecule has 0 aliphatic carbocycles. The van der Waals surface area contributed by atoms with Crippen LogP contribution >= 0.6 is 23.2 Å². The van der Waals surface area contributed by atoms with Gasteiger partial charge in [0.25, 0.3) is 5.91 Å². The Morgan fingerprint density at radius 1 is 0.923 bits per heavy atom. The molecule has 0 aliphatic rings. The molecule has 0 saturated heterocycles. The number of halogens is 2. The van der Waals surface area contributed by atoms with E-state index < -0.39 is 0 Å². The average Bonchev–Trinajstić information content (AvgIpc) is 2.66. The van der Waals surface area contributed by atoms with Crippen molar-refractivity contribution in [2.45, 2.75) is 0 Å². The van der Waals surface area contributed by atoms with Crippen molar-refractivity contribution in [2.24, 2.45) is 0 Å². The van der Waals surface area contributed by atoms with Crippen molar-refractivity contribution in [1.82, 2.24) is 4.98 Å². The van der Waals surface area contributed by atoms with E-state index >= 15 is 0 Å². The maximum atomic E-state index is 12.3. The second-order valence-electron chi connectivity index (χ2n) is 5.37. The Bertz CT molecular complexity index is 913. The Balaban J connectivity index is 1.66. The quantitative estimate of drug-likeness (QED) is 0.615. The Hall–Kier alpha value is -2.76. The van der Waals surface area contributed by atoms with Gasteiger partial charge >= 0.3 is 0 Å². The van der Waals surface area contributed by atoms with Crippen LogP contribution in [-0.2, 0) is 0 Å². The average molecular weight is 388 g/mol. The molecule has 1 heterocycles. The van der Waals surface area contributed by atoms with Crippen molar-refractivity contribution in [3.63, 3.8) is 0 Å². The van der Waals surface area contributed by atoms with Gasteiger partial charge in [-0.15, -0.1) is 0 Å². The van der Waals surface area contributed by atoms with Gasteiger partial charge in [-0.2, -0.15) is 0 Å². The van der Waals surface area contributed by atoms with Crippen LogP contribution in [0.15, 0.2) is 60.8 Å². The van der Waals surface area contributed by atoms with Gasteiger partial charge in [0.1, 0.15) is 11.4 Å². The molecule has 7 heteroatoms. The minimum Gasteiger partial charge on any atom is -0.497 e. The van der Waals surface area contributed by atoms with Crippen molar-refractivity contribution >= 4 is 46.2 Å². The first-order chi connectivity index (χ1) is 12.5. The van der Waals surface area contributed by atoms with Gasteiger partial charge in [-0.25, -0.2) is 4.98 Å². The molecule has 0 saturated carbocycles. The van der Waals surface area contributed by atoms with Gasteiger partial charge < -0.3 is 15.4 Å². The second kappa shape index (κ2) is 8.08. The summed E-state index contributed by atoms with van der Waals surface area (Å²) in [4.78, 5) is 16.5. The molecule has 1 aromatic heterocycles. The molecule has 5 nitrogen and oxygen atoms in total. The zero-order chi connectivity index (χ0) is 18.5. The van der Waals surface area contributed by atoms with Gasteiger partial charge in [-0.05, 0) is 54.6 Å². The lowest BCUT2D eigenvalue weighted by atomic mass is 10.2. The number of nitrogens with zero attached hydrogens (tertiary/aromatic N) is 1. The van der Waals surface area contributed by atoms with Crippen LogP contribution in [0, 0.1) is 0 Å². The number of rotatable bonds is 5. The van der Waals surface area contributed by atoms with E-state index in [1.807, 2.05) is 24.3 Å². The summed E-state index contributed by atoms with van der Waals surface area (Å²) in [6, 6.07) is 15.8. The number of nitrogens with one attached hydrogen (secondary N) is 2. The third-order valence-corrected chi connectivity index (χ3v) is 4.29. The monoisotopic (exact) mass is 387 g/mol. The van der Waals surface area contributed by atoms with E-state index in [1.54, 1.807) is 43.6 Å². The Morgan fingerprint density at radius 2 is 1.62 bits per heavy atom. The lowest BCUT2D eigenvalue weighted by Crippen LogP contribution is -2.13. The normalized spacial score (nSPS) is 10.3. The molecule has 3 aromatic rings. The Labute approximate surface area is 160 Å². The number of anilines is 3. The van der Waals surface area contributed by atoms with E-state index in [0.717, 1.165) is 17.1 Å². The Morgan fingerprint density at radius 3 is 2.23 bits per heavy atom. The lowest BCUT2D eigenvalue weighted by Gasteiger charge is -2.09. The fourth-order valence-corrected chi connectivity index (χ4v) is 2.51. The predicted molar refractivity (Wildman–Crippen MR) is 105 cm³/mol. The van der Waals surface area contributed by atoms with Crippen LogP contribution in [0.2, 0.25) is 10.0 Å². The number of methoxy groups -OCH3 is 1. The number of aromatic nitrogens is 1. The highest BCUT2D eigenvalue weighted by Gasteiger charge is 2.09. The van der Waals surface area contributed by atoms with Crippen molar-refractivity contribution in [3.8, 4) is 5.75 Å². The molecule has 26 heavy (non-hydrogen) atoms. The van der Waals surface area contributed by atoms with Crippen LogP contribution in [-0.4, -0.2) is 18.0 Å². The van der Waals surface area contributed by atoms with Crippen LogP contribution in [0.3, 0.4) is 0 Å². The number of carbonyl (C=O) groups is 1. The van der Waals surface area contributed by atoms with E-state index in [9.17, 15) is 4.79 Å². The van der Waals surface area contributed by atoms with Crippen molar-refractivity contribution in [1.29, 1.82) is 0 Å². The molecule has 132 valence electrons. The molecule has 2 aromatic carbocycles. The molecule has 0 fully saturated rings. The van der Waals surface area contributed by atoms with Crippen molar-refractivity contribution < 1.29 is 9.53 Å². The van der Waals surface area contributed by atoms with Crippen LogP contribution in [0.25, 0.3) is 0 Å². The summed E-state index contributed by atoms with van der Waals surface area (Å²) in [5.74, 6) is 0.447. The largest absolute Gasteiger partial charge is 0.497 e. The van der Waals surface area contributed by atoms with E-state index in [4.69, 9.17) is 27.9 Å². The van der Waals surface area contributed by atoms with Gasteiger partial charge in [-0.1, -0.05) is 23.2 Å². The van der Waals surface area contributed by atoms with E-state index in [0.29, 0.717) is 15.7 Å². The number of pyridine rings is 1. The molecule has 0 unspecified atom stereocenters. The first kappa shape index (κ1) is 18.0. The fourth-order valence-electron chi connectivity index (χ4n) is 2.21. The van der Waals surface area contributed by atoms with Gasteiger partial charge in [0.15, 0.2) is 0 Å². The third-order valence-electron chi connectivity index (χ3n) is 3.55. The highest BCUT2D eigenvalue weighted by molar-refractivity contribution is 6.42. The van der Waals surface area contributed by atoms with Crippen molar-refractivity contribution in [3.05, 3.63) is 76.5 Å². The van der Waals surface area contributed by atoms with Gasteiger partial charge in [0.2, 0.25) is 0 Å².